The van der Waals surface area contributed by atoms with E-state index in [1.165, 1.54) is 11.1 Å². The lowest BCUT2D eigenvalue weighted by molar-refractivity contribution is 0.215. The second kappa shape index (κ2) is 8.43. The molecule has 0 bridgehead atoms. The third-order valence-corrected chi connectivity index (χ3v) is 5.39. The van der Waals surface area contributed by atoms with Crippen molar-refractivity contribution in [3.8, 4) is 6.07 Å². The Bertz CT molecular complexity index is 949. The highest BCUT2D eigenvalue weighted by Crippen LogP contribution is 2.31. The van der Waals surface area contributed by atoms with Gasteiger partial charge in [0.25, 0.3) is 0 Å². The fourth-order valence-electron chi connectivity index (χ4n) is 3.69. The van der Waals surface area contributed by atoms with Crippen molar-refractivity contribution in [2.24, 2.45) is 0 Å². The van der Waals surface area contributed by atoms with Crippen LogP contribution < -0.4 is 4.90 Å². The van der Waals surface area contributed by atoms with Gasteiger partial charge in [0.05, 0.1) is 11.6 Å². The van der Waals surface area contributed by atoms with Gasteiger partial charge in [-0.3, -0.25) is 4.90 Å². The van der Waals surface area contributed by atoms with E-state index in [9.17, 15) is 0 Å². The van der Waals surface area contributed by atoms with Crippen LogP contribution in [0.5, 0.6) is 0 Å². The Balaban J connectivity index is 1.60. The molecule has 1 aliphatic rings. The van der Waals surface area contributed by atoms with Crippen LogP contribution in [0.4, 0.5) is 5.82 Å². The standard InChI is InChI=1S/C23H21ClN4/c24-21-9-7-20(8-10-21)22-17-27(16-18-4-2-1-3-5-18)12-13-28(22)23-11-6-19(14-25)15-26-23/h1-11,15,22H,12-13,16-17H2/t22-/m0/s1. The molecule has 140 valence electrons. The number of rotatable bonds is 4. The molecule has 0 saturated carbocycles. The van der Waals surface area contributed by atoms with Crippen molar-refractivity contribution in [1.82, 2.24) is 9.88 Å². The summed E-state index contributed by atoms with van der Waals surface area (Å²) in [6.45, 7) is 3.66. The number of nitriles is 1. The summed E-state index contributed by atoms with van der Waals surface area (Å²) in [5.74, 6) is 0.901. The molecule has 0 spiro atoms. The second-order valence-electron chi connectivity index (χ2n) is 7.00. The number of aromatic nitrogens is 1. The topological polar surface area (TPSA) is 43.2 Å². The number of hydrogen-bond donors (Lipinski definition) is 0. The highest BCUT2D eigenvalue weighted by Gasteiger charge is 2.29. The second-order valence-corrected chi connectivity index (χ2v) is 7.43. The summed E-state index contributed by atoms with van der Waals surface area (Å²) < 4.78 is 0. The van der Waals surface area contributed by atoms with Crippen molar-refractivity contribution in [2.75, 3.05) is 24.5 Å². The minimum Gasteiger partial charge on any atom is -0.347 e. The maximum absolute atomic E-state index is 9.05. The third kappa shape index (κ3) is 4.17. The Kier molecular flexibility index (Phi) is 5.57. The van der Waals surface area contributed by atoms with Crippen LogP contribution in [0, 0.1) is 11.3 Å². The van der Waals surface area contributed by atoms with Crippen LogP contribution in [0.15, 0.2) is 72.9 Å². The molecular formula is C23H21ClN4. The van der Waals surface area contributed by atoms with Gasteiger partial charge in [-0.25, -0.2) is 4.98 Å². The van der Waals surface area contributed by atoms with E-state index in [0.29, 0.717) is 5.56 Å². The largest absolute Gasteiger partial charge is 0.347 e. The van der Waals surface area contributed by atoms with Crippen molar-refractivity contribution < 1.29 is 0 Å². The Hall–Kier alpha value is -2.87. The number of nitrogens with zero attached hydrogens (tertiary/aromatic N) is 4. The molecule has 5 heteroatoms. The van der Waals surface area contributed by atoms with Gasteiger partial charge in [0.2, 0.25) is 0 Å². The Morgan fingerprint density at radius 3 is 2.46 bits per heavy atom. The molecule has 2 heterocycles. The predicted molar refractivity (Wildman–Crippen MR) is 112 cm³/mol. The van der Waals surface area contributed by atoms with Gasteiger partial charge >= 0.3 is 0 Å². The van der Waals surface area contributed by atoms with Crippen LogP contribution in [-0.4, -0.2) is 29.5 Å². The fourth-order valence-corrected chi connectivity index (χ4v) is 3.82. The van der Waals surface area contributed by atoms with Crippen molar-refractivity contribution in [2.45, 2.75) is 12.6 Å². The first-order valence-electron chi connectivity index (χ1n) is 9.37. The zero-order valence-electron chi connectivity index (χ0n) is 15.5. The monoisotopic (exact) mass is 388 g/mol. The summed E-state index contributed by atoms with van der Waals surface area (Å²) in [5.41, 5.74) is 3.12. The van der Waals surface area contributed by atoms with E-state index >= 15 is 0 Å². The lowest BCUT2D eigenvalue weighted by atomic mass is 10.0. The molecule has 1 aromatic heterocycles. The summed E-state index contributed by atoms with van der Waals surface area (Å²) in [6, 6.07) is 24.7. The molecule has 1 fully saturated rings. The quantitative estimate of drug-likeness (QED) is 0.651. The first-order chi connectivity index (χ1) is 13.7. The van der Waals surface area contributed by atoms with Gasteiger partial charge in [-0.2, -0.15) is 5.26 Å². The molecule has 0 unspecified atom stereocenters. The van der Waals surface area contributed by atoms with Gasteiger partial charge in [-0.15, -0.1) is 0 Å². The SMILES string of the molecule is N#Cc1ccc(N2CCN(Cc3ccccc3)C[C@H]2c2ccc(Cl)cc2)nc1. The zero-order valence-corrected chi connectivity index (χ0v) is 16.3. The number of piperazine rings is 1. The van der Waals surface area contributed by atoms with Gasteiger partial charge in [-0.1, -0.05) is 54.1 Å². The van der Waals surface area contributed by atoms with Crippen molar-refractivity contribution in [3.05, 3.63) is 94.6 Å². The number of halogens is 1. The van der Waals surface area contributed by atoms with Crippen molar-refractivity contribution >= 4 is 17.4 Å². The molecule has 0 amide bonds. The summed E-state index contributed by atoms with van der Waals surface area (Å²) in [4.78, 5) is 9.34. The molecule has 0 aliphatic carbocycles. The lowest BCUT2D eigenvalue weighted by Crippen LogP contribution is -2.48. The van der Waals surface area contributed by atoms with E-state index in [2.05, 4.69) is 63.3 Å². The number of pyridine rings is 1. The van der Waals surface area contributed by atoms with Crippen LogP contribution >= 0.6 is 11.6 Å². The van der Waals surface area contributed by atoms with Gasteiger partial charge in [-0.05, 0) is 35.4 Å². The predicted octanol–water partition coefficient (Wildman–Crippen LogP) is 4.67. The van der Waals surface area contributed by atoms with Gasteiger partial charge in [0, 0.05) is 37.4 Å². The molecule has 0 N–H and O–H groups in total. The van der Waals surface area contributed by atoms with Crippen LogP contribution in [0.3, 0.4) is 0 Å². The van der Waals surface area contributed by atoms with E-state index in [4.69, 9.17) is 16.9 Å². The summed E-state index contributed by atoms with van der Waals surface area (Å²) >= 11 is 6.11. The summed E-state index contributed by atoms with van der Waals surface area (Å²) in [6.07, 6.45) is 1.64. The Morgan fingerprint density at radius 2 is 1.79 bits per heavy atom. The Morgan fingerprint density at radius 1 is 1.00 bits per heavy atom. The van der Waals surface area contributed by atoms with Crippen LogP contribution in [-0.2, 0) is 6.54 Å². The molecule has 3 aromatic rings. The number of anilines is 1. The molecule has 1 aliphatic heterocycles. The lowest BCUT2D eigenvalue weighted by Gasteiger charge is -2.42. The number of benzene rings is 2. The molecule has 0 radical (unpaired) electrons. The molecule has 2 aromatic carbocycles. The zero-order chi connectivity index (χ0) is 19.3. The first kappa shape index (κ1) is 18.5. The number of hydrogen-bond acceptors (Lipinski definition) is 4. The smallest absolute Gasteiger partial charge is 0.129 e. The van der Waals surface area contributed by atoms with Crippen molar-refractivity contribution in [1.29, 1.82) is 5.26 Å². The van der Waals surface area contributed by atoms with E-state index in [1.54, 1.807) is 6.20 Å². The molecular weight excluding hydrogens is 368 g/mol. The Labute approximate surface area is 170 Å². The molecule has 28 heavy (non-hydrogen) atoms. The van der Waals surface area contributed by atoms with Gasteiger partial charge in [0.1, 0.15) is 11.9 Å². The van der Waals surface area contributed by atoms with Crippen LogP contribution in [0.25, 0.3) is 0 Å². The average molecular weight is 389 g/mol. The fraction of sp³-hybridized carbons (Fsp3) is 0.217. The normalized spacial score (nSPS) is 17.3. The first-order valence-corrected chi connectivity index (χ1v) is 9.75. The maximum atomic E-state index is 9.05. The minimum absolute atomic E-state index is 0.176. The maximum Gasteiger partial charge on any atom is 0.129 e. The minimum atomic E-state index is 0.176. The molecule has 4 nitrogen and oxygen atoms in total. The van der Waals surface area contributed by atoms with E-state index in [-0.39, 0.29) is 6.04 Å². The average Bonchev–Trinajstić information content (AvgIpc) is 2.75. The summed E-state index contributed by atoms with van der Waals surface area (Å²) in [5, 5.41) is 9.79. The highest BCUT2D eigenvalue weighted by molar-refractivity contribution is 6.30. The van der Waals surface area contributed by atoms with E-state index in [0.717, 1.165) is 37.0 Å². The van der Waals surface area contributed by atoms with Crippen molar-refractivity contribution in [3.63, 3.8) is 0 Å². The summed E-state index contributed by atoms with van der Waals surface area (Å²) in [7, 11) is 0. The molecule has 4 rings (SSSR count). The third-order valence-electron chi connectivity index (χ3n) is 5.14. The van der Waals surface area contributed by atoms with Crippen LogP contribution in [0.2, 0.25) is 5.02 Å². The molecule has 1 atom stereocenters. The van der Waals surface area contributed by atoms with E-state index in [1.807, 2.05) is 24.3 Å². The van der Waals surface area contributed by atoms with Gasteiger partial charge < -0.3 is 4.90 Å². The van der Waals surface area contributed by atoms with Crippen LogP contribution in [0.1, 0.15) is 22.7 Å². The highest BCUT2D eigenvalue weighted by atomic mass is 35.5. The van der Waals surface area contributed by atoms with Gasteiger partial charge in [0.15, 0.2) is 0 Å². The van der Waals surface area contributed by atoms with E-state index < -0.39 is 0 Å². The molecule has 1 saturated heterocycles.